The third kappa shape index (κ3) is 6.13. The van der Waals surface area contributed by atoms with Crippen molar-refractivity contribution in [3.63, 3.8) is 0 Å². The van der Waals surface area contributed by atoms with Crippen LogP contribution in [0.1, 0.15) is 42.9 Å². The molecule has 0 bridgehead atoms. The van der Waals surface area contributed by atoms with Gasteiger partial charge in [-0.3, -0.25) is 4.79 Å². The van der Waals surface area contributed by atoms with Gasteiger partial charge in [-0.2, -0.15) is 0 Å². The molecule has 28 heavy (non-hydrogen) atoms. The van der Waals surface area contributed by atoms with E-state index in [9.17, 15) is 4.79 Å². The van der Waals surface area contributed by atoms with Crippen LogP contribution < -0.4 is 15.4 Å². The second-order valence-corrected chi connectivity index (χ2v) is 7.43. The molecular weight excluding hydrogens is 395 g/mol. The van der Waals surface area contributed by atoms with E-state index in [2.05, 4.69) is 10.6 Å². The summed E-state index contributed by atoms with van der Waals surface area (Å²) in [6.07, 6.45) is 3.78. The Morgan fingerprint density at radius 3 is 2.50 bits per heavy atom. The summed E-state index contributed by atoms with van der Waals surface area (Å²) in [6.45, 7) is 2.11. The van der Waals surface area contributed by atoms with Gasteiger partial charge in [0.1, 0.15) is 5.75 Å². The molecule has 4 nitrogen and oxygen atoms in total. The first kappa shape index (κ1) is 22.5. The molecule has 1 aliphatic heterocycles. The molecule has 1 unspecified atom stereocenters. The first-order valence-corrected chi connectivity index (χ1v) is 9.93. The maximum absolute atomic E-state index is 12.7. The molecule has 1 heterocycles. The molecule has 2 aromatic carbocycles. The van der Waals surface area contributed by atoms with Crippen LogP contribution in [0.4, 0.5) is 0 Å². The quantitative estimate of drug-likeness (QED) is 0.676. The molecular formula is C22H28Cl2N2O2. The van der Waals surface area contributed by atoms with Crippen molar-refractivity contribution >= 4 is 29.9 Å². The van der Waals surface area contributed by atoms with Crippen LogP contribution >= 0.6 is 24.0 Å². The van der Waals surface area contributed by atoms with E-state index in [0.29, 0.717) is 17.4 Å². The van der Waals surface area contributed by atoms with Gasteiger partial charge in [-0.15, -0.1) is 12.4 Å². The van der Waals surface area contributed by atoms with Crippen molar-refractivity contribution in [2.24, 2.45) is 5.92 Å². The Morgan fingerprint density at radius 1 is 1.18 bits per heavy atom. The highest BCUT2D eigenvalue weighted by molar-refractivity contribution is 6.31. The van der Waals surface area contributed by atoms with Gasteiger partial charge < -0.3 is 15.4 Å². The van der Waals surface area contributed by atoms with E-state index in [0.717, 1.165) is 49.2 Å². The topological polar surface area (TPSA) is 50.4 Å². The van der Waals surface area contributed by atoms with Gasteiger partial charge in [0.15, 0.2) is 0 Å². The minimum atomic E-state index is -0.273. The molecule has 1 fully saturated rings. The first-order chi connectivity index (χ1) is 13.2. The lowest BCUT2D eigenvalue weighted by molar-refractivity contribution is -0.121. The number of carbonyl (C=O) groups is 1. The van der Waals surface area contributed by atoms with Gasteiger partial charge in [-0.25, -0.2) is 0 Å². The standard InChI is InChI=1S/C22H27ClN2O2.ClH/c1-27-18-9-7-17(8-10-18)22(19-4-2-3-5-20(19)23)25-21(26)11-6-16-12-14-24-15-13-16;/h2-5,7-10,16,22,24H,6,11-15H2,1H3,(H,25,26);1H. The summed E-state index contributed by atoms with van der Waals surface area (Å²) in [5.41, 5.74) is 1.89. The van der Waals surface area contributed by atoms with Crippen LogP contribution in [0.15, 0.2) is 48.5 Å². The number of hydrogen-bond donors (Lipinski definition) is 2. The number of piperidine rings is 1. The molecule has 0 radical (unpaired) electrons. The molecule has 0 spiro atoms. The largest absolute Gasteiger partial charge is 0.497 e. The monoisotopic (exact) mass is 422 g/mol. The molecule has 6 heteroatoms. The minimum Gasteiger partial charge on any atom is -0.497 e. The molecule has 1 atom stereocenters. The van der Waals surface area contributed by atoms with Gasteiger partial charge >= 0.3 is 0 Å². The van der Waals surface area contributed by atoms with E-state index in [-0.39, 0.29) is 24.4 Å². The number of ether oxygens (including phenoxy) is 1. The summed E-state index contributed by atoms with van der Waals surface area (Å²) in [7, 11) is 1.64. The summed E-state index contributed by atoms with van der Waals surface area (Å²) in [5, 5.41) is 7.21. The number of amides is 1. The molecule has 0 saturated carbocycles. The van der Waals surface area contributed by atoms with Crippen LogP contribution in [0.25, 0.3) is 0 Å². The number of carbonyl (C=O) groups excluding carboxylic acids is 1. The first-order valence-electron chi connectivity index (χ1n) is 9.56. The second-order valence-electron chi connectivity index (χ2n) is 7.03. The number of methoxy groups -OCH3 is 1. The van der Waals surface area contributed by atoms with Gasteiger partial charge in [-0.05, 0) is 67.6 Å². The Labute approximate surface area is 178 Å². The maximum Gasteiger partial charge on any atom is 0.220 e. The fourth-order valence-electron chi connectivity index (χ4n) is 3.58. The number of halogens is 2. The van der Waals surface area contributed by atoms with E-state index in [1.807, 2.05) is 48.5 Å². The van der Waals surface area contributed by atoms with Crippen molar-refractivity contribution in [3.05, 3.63) is 64.7 Å². The van der Waals surface area contributed by atoms with Gasteiger partial charge in [0.2, 0.25) is 5.91 Å². The van der Waals surface area contributed by atoms with Gasteiger partial charge in [0.25, 0.3) is 0 Å². The lowest BCUT2D eigenvalue weighted by Crippen LogP contribution is -2.31. The van der Waals surface area contributed by atoms with E-state index < -0.39 is 0 Å². The van der Waals surface area contributed by atoms with Crippen LogP contribution in [-0.4, -0.2) is 26.1 Å². The third-order valence-corrected chi connectivity index (χ3v) is 5.55. The predicted octanol–water partition coefficient (Wildman–Crippen LogP) is 4.76. The average molecular weight is 423 g/mol. The van der Waals surface area contributed by atoms with Crippen LogP contribution in [0, 0.1) is 5.92 Å². The van der Waals surface area contributed by atoms with E-state index in [1.54, 1.807) is 7.11 Å². The zero-order chi connectivity index (χ0) is 19.1. The Morgan fingerprint density at radius 2 is 1.86 bits per heavy atom. The smallest absolute Gasteiger partial charge is 0.220 e. The SMILES string of the molecule is COc1ccc(C(NC(=O)CCC2CCNCC2)c2ccccc2Cl)cc1.Cl. The summed E-state index contributed by atoms with van der Waals surface area (Å²) in [5.74, 6) is 1.49. The highest BCUT2D eigenvalue weighted by Crippen LogP contribution is 2.29. The Kier molecular flexibility index (Phi) is 9.10. The fraction of sp³-hybridized carbons (Fsp3) is 0.409. The van der Waals surface area contributed by atoms with E-state index >= 15 is 0 Å². The van der Waals surface area contributed by atoms with Crippen LogP contribution in [-0.2, 0) is 4.79 Å². The number of hydrogen-bond acceptors (Lipinski definition) is 3. The zero-order valence-electron chi connectivity index (χ0n) is 16.1. The van der Waals surface area contributed by atoms with Crippen LogP contribution in [0.2, 0.25) is 5.02 Å². The molecule has 1 saturated heterocycles. The van der Waals surface area contributed by atoms with Crippen molar-refractivity contribution in [1.29, 1.82) is 0 Å². The normalized spacial score (nSPS) is 15.4. The Hall–Kier alpha value is -1.75. The van der Waals surface area contributed by atoms with Crippen molar-refractivity contribution in [2.75, 3.05) is 20.2 Å². The Balaban J connectivity index is 0.00000280. The van der Waals surface area contributed by atoms with Crippen LogP contribution in [0.5, 0.6) is 5.75 Å². The van der Waals surface area contributed by atoms with Gasteiger partial charge in [0.05, 0.1) is 13.2 Å². The van der Waals surface area contributed by atoms with Crippen molar-refractivity contribution in [3.8, 4) is 5.75 Å². The molecule has 152 valence electrons. The third-order valence-electron chi connectivity index (χ3n) is 5.21. The molecule has 0 aliphatic carbocycles. The zero-order valence-corrected chi connectivity index (χ0v) is 17.7. The molecule has 2 N–H and O–H groups in total. The van der Waals surface area contributed by atoms with E-state index in [4.69, 9.17) is 16.3 Å². The predicted molar refractivity (Wildman–Crippen MR) is 117 cm³/mol. The number of nitrogens with one attached hydrogen (secondary N) is 2. The highest BCUT2D eigenvalue weighted by atomic mass is 35.5. The van der Waals surface area contributed by atoms with Crippen molar-refractivity contribution < 1.29 is 9.53 Å². The van der Waals surface area contributed by atoms with Gasteiger partial charge in [0, 0.05) is 11.4 Å². The van der Waals surface area contributed by atoms with Gasteiger partial charge in [-0.1, -0.05) is 41.9 Å². The van der Waals surface area contributed by atoms with E-state index in [1.165, 1.54) is 0 Å². The minimum absolute atomic E-state index is 0. The lowest BCUT2D eigenvalue weighted by atomic mass is 9.92. The Bertz CT molecular complexity index is 746. The summed E-state index contributed by atoms with van der Waals surface area (Å²) in [6, 6.07) is 15.1. The molecule has 1 aliphatic rings. The number of rotatable bonds is 7. The molecule has 2 aromatic rings. The fourth-order valence-corrected chi connectivity index (χ4v) is 3.83. The average Bonchev–Trinajstić information content (AvgIpc) is 2.72. The molecule has 3 rings (SSSR count). The number of benzene rings is 2. The lowest BCUT2D eigenvalue weighted by Gasteiger charge is -2.24. The van der Waals surface area contributed by atoms with Crippen molar-refractivity contribution in [2.45, 2.75) is 31.7 Å². The summed E-state index contributed by atoms with van der Waals surface area (Å²) < 4.78 is 5.25. The molecule has 1 amide bonds. The van der Waals surface area contributed by atoms with Crippen LogP contribution in [0.3, 0.4) is 0 Å². The maximum atomic E-state index is 12.7. The second kappa shape index (κ2) is 11.3. The summed E-state index contributed by atoms with van der Waals surface area (Å²) >= 11 is 6.43. The highest BCUT2D eigenvalue weighted by Gasteiger charge is 2.21. The summed E-state index contributed by atoms with van der Waals surface area (Å²) in [4.78, 5) is 12.7. The van der Waals surface area contributed by atoms with Crippen molar-refractivity contribution in [1.82, 2.24) is 10.6 Å². The molecule has 0 aromatic heterocycles.